The predicted octanol–water partition coefficient (Wildman–Crippen LogP) is 1.52. The number of amides is 1. The number of nitrogens with zero attached hydrogens (tertiary/aromatic N) is 8. The van der Waals surface area contributed by atoms with E-state index in [1.165, 1.54) is 17.1 Å². The molecule has 10 nitrogen and oxygen atoms in total. The first kappa shape index (κ1) is 22.6. The number of piperazine rings is 1. The molecule has 0 bridgehead atoms. The molecule has 6 rings (SSSR count). The van der Waals surface area contributed by atoms with Crippen molar-refractivity contribution in [2.75, 3.05) is 32.8 Å². The quantitative estimate of drug-likeness (QED) is 0.541. The number of aromatic nitrogens is 5. The lowest BCUT2D eigenvalue weighted by atomic mass is 9.98. The molecule has 1 unspecified atom stereocenters. The normalized spacial score (nSPS) is 23.7. The number of pyridine rings is 1. The summed E-state index contributed by atoms with van der Waals surface area (Å²) in [4.78, 5) is 22.2. The molecule has 3 aromatic rings. The van der Waals surface area contributed by atoms with Crippen molar-refractivity contribution in [2.45, 2.75) is 30.9 Å². The molecule has 1 aliphatic carbocycles. The first-order chi connectivity index (χ1) is 17.5. The van der Waals surface area contributed by atoms with Gasteiger partial charge in [-0.05, 0) is 41.0 Å². The number of morpholine rings is 1. The molecule has 3 atom stereocenters. The van der Waals surface area contributed by atoms with Crippen molar-refractivity contribution in [3.8, 4) is 11.9 Å². The minimum atomic E-state index is -0.880. The summed E-state index contributed by atoms with van der Waals surface area (Å²) in [5.41, 5.74) is 1.42. The van der Waals surface area contributed by atoms with Crippen LogP contribution in [0.4, 0.5) is 8.78 Å². The second-order valence-electron chi connectivity index (χ2n) is 9.24. The van der Waals surface area contributed by atoms with E-state index in [0.717, 1.165) is 17.3 Å². The minimum Gasteiger partial charge on any atom is -0.370 e. The summed E-state index contributed by atoms with van der Waals surface area (Å²) in [5.74, 6) is -1.29. The van der Waals surface area contributed by atoms with Crippen molar-refractivity contribution in [1.82, 2.24) is 35.0 Å². The lowest BCUT2D eigenvalue weighted by Gasteiger charge is -2.46. The highest BCUT2D eigenvalue weighted by molar-refractivity contribution is 5.85. The van der Waals surface area contributed by atoms with E-state index < -0.39 is 23.3 Å². The van der Waals surface area contributed by atoms with Crippen LogP contribution in [0.25, 0.3) is 5.82 Å². The molecule has 2 fully saturated rings. The Labute approximate surface area is 205 Å². The van der Waals surface area contributed by atoms with Crippen molar-refractivity contribution >= 4 is 5.91 Å². The first-order valence-corrected chi connectivity index (χ1v) is 11.8. The largest absolute Gasteiger partial charge is 0.370 e. The van der Waals surface area contributed by atoms with Crippen molar-refractivity contribution in [3.05, 3.63) is 64.6 Å². The van der Waals surface area contributed by atoms with Gasteiger partial charge in [-0.3, -0.25) is 9.69 Å². The van der Waals surface area contributed by atoms with Gasteiger partial charge < -0.3 is 9.64 Å². The molecule has 1 aromatic carbocycles. The number of carbonyl (C=O) groups is 1. The number of benzene rings is 1. The fourth-order valence-corrected chi connectivity index (χ4v) is 5.42. The Hall–Kier alpha value is -3.82. The number of carbonyl (C=O) groups excluding carboxylic acids is 1. The van der Waals surface area contributed by atoms with E-state index in [4.69, 9.17) is 10.00 Å². The zero-order chi connectivity index (χ0) is 24.8. The highest BCUT2D eigenvalue weighted by Crippen LogP contribution is 2.35. The standard InChI is InChI=1S/C24H22F2N8O2/c25-19-4-1-17(23(26)18(19)9-27)21-11-32-7-8-33(10-14(32)12-36-21)24(35)16-2-5-20-15(16)3-6-22(29-20)34-13-28-30-31-34/h1,3-4,6,13-14,16,21H,2,5,7-8,10-12H2/t14-,16?,21-/m1/s1. The summed E-state index contributed by atoms with van der Waals surface area (Å²) in [6.45, 7) is 2.42. The summed E-state index contributed by atoms with van der Waals surface area (Å²) < 4.78 is 35.8. The molecule has 36 heavy (non-hydrogen) atoms. The lowest BCUT2D eigenvalue weighted by Crippen LogP contribution is -2.60. The number of hydrogen-bond acceptors (Lipinski definition) is 8. The maximum atomic E-state index is 14.7. The number of aryl methyl sites for hydroxylation is 1. The van der Waals surface area contributed by atoms with E-state index in [1.807, 2.05) is 17.0 Å². The monoisotopic (exact) mass is 492 g/mol. The van der Waals surface area contributed by atoms with Crippen LogP contribution in [0.3, 0.4) is 0 Å². The third kappa shape index (κ3) is 3.81. The Morgan fingerprint density at radius 2 is 2.00 bits per heavy atom. The maximum absolute atomic E-state index is 14.7. The van der Waals surface area contributed by atoms with Gasteiger partial charge in [-0.2, -0.15) is 9.94 Å². The number of halogens is 2. The molecule has 4 heterocycles. The van der Waals surface area contributed by atoms with Gasteiger partial charge in [0.25, 0.3) is 0 Å². The van der Waals surface area contributed by atoms with Crippen LogP contribution in [0.2, 0.25) is 0 Å². The Morgan fingerprint density at radius 3 is 2.81 bits per heavy atom. The van der Waals surface area contributed by atoms with Crippen LogP contribution in [0.5, 0.6) is 0 Å². The van der Waals surface area contributed by atoms with E-state index >= 15 is 0 Å². The van der Waals surface area contributed by atoms with Gasteiger partial charge in [0.2, 0.25) is 5.91 Å². The van der Waals surface area contributed by atoms with Gasteiger partial charge in [-0.25, -0.2) is 13.8 Å². The molecule has 0 spiro atoms. The van der Waals surface area contributed by atoms with Gasteiger partial charge in [0.1, 0.15) is 29.6 Å². The highest BCUT2D eigenvalue weighted by atomic mass is 19.1. The summed E-state index contributed by atoms with van der Waals surface area (Å²) in [6, 6.07) is 7.77. The molecule has 3 aliphatic rings. The topological polar surface area (TPSA) is 113 Å². The maximum Gasteiger partial charge on any atom is 0.230 e. The summed E-state index contributed by atoms with van der Waals surface area (Å²) in [6.07, 6.45) is 2.30. The molecular weight excluding hydrogens is 470 g/mol. The van der Waals surface area contributed by atoms with Crippen LogP contribution in [0.15, 0.2) is 30.6 Å². The summed E-state index contributed by atoms with van der Waals surface area (Å²) in [5, 5.41) is 20.2. The van der Waals surface area contributed by atoms with Crippen LogP contribution in [0.1, 0.15) is 40.8 Å². The van der Waals surface area contributed by atoms with Gasteiger partial charge in [-0.15, -0.1) is 5.10 Å². The zero-order valence-electron chi connectivity index (χ0n) is 19.2. The van der Waals surface area contributed by atoms with Crippen molar-refractivity contribution in [2.24, 2.45) is 0 Å². The van der Waals surface area contributed by atoms with Gasteiger partial charge in [0.15, 0.2) is 5.82 Å². The number of tetrazole rings is 1. The predicted molar refractivity (Wildman–Crippen MR) is 120 cm³/mol. The second-order valence-corrected chi connectivity index (χ2v) is 9.24. The Balaban J connectivity index is 1.12. The molecule has 2 aromatic heterocycles. The van der Waals surface area contributed by atoms with Crippen LogP contribution < -0.4 is 0 Å². The van der Waals surface area contributed by atoms with E-state index in [1.54, 1.807) is 6.07 Å². The second kappa shape index (κ2) is 9.00. The third-order valence-electron chi connectivity index (χ3n) is 7.31. The fraction of sp³-hybridized carbons (Fsp3) is 0.417. The average molecular weight is 492 g/mol. The van der Waals surface area contributed by atoms with Crippen molar-refractivity contribution in [1.29, 1.82) is 5.26 Å². The molecule has 2 saturated heterocycles. The molecule has 1 amide bonds. The van der Waals surface area contributed by atoms with Crippen LogP contribution in [-0.2, 0) is 16.0 Å². The van der Waals surface area contributed by atoms with Crippen molar-refractivity contribution in [3.63, 3.8) is 0 Å². The summed E-state index contributed by atoms with van der Waals surface area (Å²) in [7, 11) is 0. The van der Waals surface area contributed by atoms with E-state index in [0.29, 0.717) is 51.4 Å². The van der Waals surface area contributed by atoms with Gasteiger partial charge in [0.05, 0.1) is 24.7 Å². The number of ether oxygens (including phenoxy) is 1. The number of nitriles is 1. The Kier molecular flexibility index (Phi) is 5.66. The molecule has 0 N–H and O–H groups in total. The van der Waals surface area contributed by atoms with Crippen LogP contribution in [0, 0.1) is 23.0 Å². The molecular formula is C24H22F2N8O2. The molecule has 12 heteroatoms. The molecule has 184 valence electrons. The van der Waals surface area contributed by atoms with Gasteiger partial charge in [0, 0.05) is 37.4 Å². The first-order valence-electron chi connectivity index (χ1n) is 11.8. The SMILES string of the molecule is N#Cc1c(F)ccc([C@H]2CN3CCN(C(=O)C4CCc5nc(-n6cnnn6)ccc54)C[C@@H]3CO2)c1F. The molecule has 2 aliphatic heterocycles. The van der Waals surface area contributed by atoms with E-state index in [9.17, 15) is 13.6 Å². The zero-order valence-corrected chi connectivity index (χ0v) is 19.2. The third-order valence-corrected chi connectivity index (χ3v) is 7.31. The van der Waals surface area contributed by atoms with Crippen LogP contribution in [-0.4, -0.2) is 79.7 Å². The molecule has 0 radical (unpaired) electrons. The van der Waals surface area contributed by atoms with Crippen LogP contribution >= 0.6 is 0 Å². The Morgan fingerprint density at radius 1 is 1.14 bits per heavy atom. The smallest absolute Gasteiger partial charge is 0.230 e. The fourth-order valence-electron chi connectivity index (χ4n) is 5.42. The van der Waals surface area contributed by atoms with Gasteiger partial charge >= 0.3 is 0 Å². The highest BCUT2D eigenvalue weighted by Gasteiger charge is 2.40. The Bertz CT molecular complexity index is 1360. The van der Waals surface area contributed by atoms with E-state index in [-0.39, 0.29) is 23.4 Å². The van der Waals surface area contributed by atoms with Crippen molar-refractivity contribution < 1.29 is 18.3 Å². The molecule has 0 saturated carbocycles. The number of fused-ring (bicyclic) bond motifs is 2. The van der Waals surface area contributed by atoms with Gasteiger partial charge in [-0.1, -0.05) is 12.1 Å². The summed E-state index contributed by atoms with van der Waals surface area (Å²) >= 11 is 0. The minimum absolute atomic E-state index is 0.0147. The number of rotatable bonds is 3. The lowest BCUT2D eigenvalue weighted by molar-refractivity contribution is -0.141. The average Bonchev–Trinajstić information content (AvgIpc) is 3.58. The number of hydrogen-bond donors (Lipinski definition) is 0. The van der Waals surface area contributed by atoms with E-state index in [2.05, 4.69) is 25.4 Å².